The first kappa shape index (κ1) is 14.7. The Morgan fingerprint density at radius 1 is 1.17 bits per heavy atom. The average molecular weight is 301 g/mol. The maximum atomic E-state index is 12.4. The van der Waals surface area contributed by atoms with Crippen molar-refractivity contribution in [2.24, 2.45) is 0 Å². The number of aromatic amines is 1. The second-order valence-electron chi connectivity index (χ2n) is 3.17. The van der Waals surface area contributed by atoms with E-state index in [1.807, 2.05) is 0 Å². The van der Waals surface area contributed by atoms with Gasteiger partial charge < -0.3 is 10.5 Å². The highest BCUT2D eigenvalue weighted by Crippen LogP contribution is 2.30. The minimum Gasteiger partial charge on any atom is -0.412 e. The zero-order valence-electron chi connectivity index (χ0n) is 8.40. The number of aromatic nitrogens is 2. The third-order valence-corrected chi connectivity index (χ3v) is 2.65. The molecule has 4 nitrogen and oxygen atoms in total. The lowest BCUT2D eigenvalue weighted by Crippen LogP contribution is -2.19. The van der Waals surface area contributed by atoms with Crippen molar-refractivity contribution in [1.82, 2.24) is 9.97 Å². The monoisotopic (exact) mass is 300 g/mol. The molecule has 0 saturated carbocycles. The van der Waals surface area contributed by atoms with Crippen molar-refractivity contribution in [2.75, 3.05) is 0 Å². The molecule has 1 aromatic carbocycles. The van der Waals surface area contributed by atoms with Crippen molar-refractivity contribution < 1.29 is 18.6 Å². The van der Waals surface area contributed by atoms with Gasteiger partial charge in [-0.15, -0.1) is 0 Å². The molecule has 0 fully saturated rings. The van der Waals surface area contributed by atoms with E-state index in [1.165, 1.54) is 12.1 Å². The van der Waals surface area contributed by atoms with Gasteiger partial charge in [0.15, 0.2) is 0 Å². The Kier molecular flexibility index (Phi) is 3.89. The third kappa shape index (κ3) is 2.43. The number of nitrogens with one attached hydrogen (secondary N) is 1. The van der Waals surface area contributed by atoms with Crippen LogP contribution < -0.4 is 5.56 Å². The van der Waals surface area contributed by atoms with E-state index in [2.05, 4.69) is 4.98 Å². The molecule has 0 atom stereocenters. The summed E-state index contributed by atoms with van der Waals surface area (Å²) in [6.45, 7) is 0. The Morgan fingerprint density at radius 3 is 2.28 bits per heavy atom. The lowest BCUT2D eigenvalue weighted by molar-refractivity contribution is -0.144. The first-order valence-corrected chi connectivity index (χ1v) is 5.01. The summed E-state index contributed by atoms with van der Waals surface area (Å²) in [4.78, 5) is 16.4. The van der Waals surface area contributed by atoms with Gasteiger partial charge in [0.25, 0.3) is 5.56 Å². The molecule has 2 rings (SSSR count). The van der Waals surface area contributed by atoms with E-state index in [-0.39, 0.29) is 26.4 Å². The Hall–Kier alpha value is -1.31. The second kappa shape index (κ2) is 4.75. The number of nitrogens with zero attached hydrogens (tertiary/aromatic N) is 1. The van der Waals surface area contributed by atoms with Crippen LogP contribution in [0, 0.1) is 0 Å². The maximum Gasteiger partial charge on any atom is 0.449 e. The third-order valence-electron chi connectivity index (χ3n) is 2.03. The predicted molar refractivity (Wildman–Crippen MR) is 61.0 cm³/mol. The summed E-state index contributed by atoms with van der Waals surface area (Å²) < 4.78 is 37.3. The van der Waals surface area contributed by atoms with Crippen LogP contribution in [0.25, 0.3) is 10.9 Å². The first-order chi connectivity index (χ1) is 7.80. The van der Waals surface area contributed by atoms with Crippen LogP contribution in [0.3, 0.4) is 0 Å². The van der Waals surface area contributed by atoms with E-state index in [0.29, 0.717) is 0 Å². The molecule has 0 unspecified atom stereocenters. The fraction of sp³-hybridized carbons (Fsp3) is 0.111. The molecule has 1 heterocycles. The lowest BCUT2D eigenvalue weighted by atomic mass is 10.2. The van der Waals surface area contributed by atoms with E-state index in [9.17, 15) is 18.0 Å². The molecular weight excluding hydrogens is 296 g/mol. The minimum atomic E-state index is -4.75. The van der Waals surface area contributed by atoms with Gasteiger partial charge in [-0.2, -0.15) is 13.2 Å². The summed E-state index contributed by atoms with van der Waals surface area (Å²) in [5, 5.41) is -0.236. The van der Waals surface area contributed by atoms with E-state index in [0.717, 1.165) is 0 Å². The quantitative estimate of drug-likeness (QED) is 0.811. The zero-order chi connectivity index (χ0) is 12.8. The van der Waals surface area contributed by atoms with E-state index < -0.39 is 17.6 Å². The van der Waals surface area contributed by atoms with Crippen LogP contribution in [0.2, 0.25) is 10.0 Å². The van der Waals surface area contributed by atoms with Gasteiger partial charge in [0, 0.05) is 0 Å². The molecule has 98 valence electrons. The van der Waals surface area contributed by atoms with Gasteiger partial charge in [-0.05, 0) is 12.1 Å². The van der Waals surface area contributed by atoms with Crippen LogP contribution in [0.15, 0.2) is 16.9 Å². The smallest absolute Gasteiger partial charge is 0.412 e. The Balaban J connectivity index is 0.00000162. The normalized spacial score (nSPS) is 11.4. The van der Waals surface area contributed by atoms with Crippen molar-refractivity contribution in [1.29, 1.82) is 0 Å². The predicted octanol–water partition coefficient (Wildman–Crippen LogP) is 2.42. The fourth-order valence-corrected chi connectivity index (χ4v) is 1.75. The number of benzene rings is 1. The number of halogens is 5. The van der Waals surface area contributed by atoms with E-state index in [1.54, 1.807) is 4.98 Å². The Bertz CT molecular complexity index is 655. The van der Waals surface area contributed by atoms with Crippen LogP contribution in [0.1, 0.15) is 5.82 Å². The van der Waals surface area contributed by atoms with E-state index in [4.69, 9.17) is 23.2 Å². The minimum absolute atomic E-state index is 0. The molecule has 18 heavy (non-hydrogen) atoms. The van der Waals surface area contributed by atoms with Crippen LogP contribution in [0.4, 0.5) is 13.2 Å². The lowest BCUT2D eigenvalue weighted by Gasteiger charge is -2.07. The van der Waals surface area contributed by atoms with Gasteiger partial charge in [0.05, 0.1) is 20.9 Å². The van der Waals surface area contributed by atoms with Crippen molar-refractivity contribution in [3.63, 3.8) is 0 Å². The number of rotatable bonds is 0. The van der Waals surface area contributed by atoms with Crippen molar-refractivity contribution in [3.8, 4) is 0 Å². The Labute approximate surface area is 108 Å². The number of alkyl halides is 3. The molecule has 0 aliphatic heterocycles. The summed E-state index contributed by atoms with van der Waals surface area (Å²) in [5.41, 5.74) is -1.25. The molecule has 0 amide bonds. The molecular formula is C9H5Cl2F3N2O2. The molecule has 9 heteroatoms. The molecule has 0 bridgehead atoms. The van der Waals surface area contributed by atoms with Crippen LogP contribution in [-0.2, 0) is 6.18 Å². The van der Waals surface area contributed by atoms with Gasteiger partial charge in [-0.1, -0.05) is 23.2 Å². The average Bonchev–Trinajstić information content (AvgIpc) is 2.21. The number of hydrogen-bond acceptors (Lipinski definition) is 2. The fourth-order valence-electron chi connectivity index (χ4n) is 1.31. The maximum absolute atomic E-state index is 12.4. The highest BCUT2D eigenvalue weighted by molar-refractivity contribution is 6.39. The summed E-state index contributed by atoms with van der Waals surface area (Å²) in [6.07, 6.45) is -4.75. The van der Waals surface area contributed by atoms with Gasteiger partial charge >= 0.3 is 6.18 Å². The largest absolute Gasteiger partial charge is 0.449 e. The van der Waals surface area contributed by atoms with Crippen molar-refractivity contribution in [2.45, 2.75) is 6.18 Å². The summed E-state index contributed by atoms with van der Waals surface area (Å²) in [7, 11) is 0. The van der Waals surface area contributed by atoms with Gasteiger partial charge in [-0.3, -0.25) is 4.79 Å². The molecule has 2 aromatic rings. The zero-order valence-corrected chi connectivity index (χ0v) is 9.91. The van der Waals surface area contributed by atoms with Gasteiger partial charge in [0.1, 0.15) is 0 Å². The topological polar surface area (TPSA) is 77.2 Å². The molecule has 0 radical (unpaired) electrons. The standard InChI is InChI=1S/C9H3Cl2F3N2O.H2O/c10-3-1-2-4(11)6-5(3)7(17)16-8(15-6)9(12,13)14;/h1-2H,(H,15,16,17);1H2. The van der Waals surface area contributed by atoms with Crippen molar-refractivity contribution in [3.05, 3.63) is 38.4 Å². The first-order valence-electron chi connectivity index (χ1n) is 4.26. The van der Waals surface area contributed by atoms with Crippen LogP contribution in [0.5, 0.6) is 0 Å². The second-order valence-corrected chi connectivity index (χ2v) is 3.98. The molecule has 0 aliphatic rings. The molecule has 0 spiro atoms. The number of fused-ring (bicyclic) bond motifs is 1. The van der Waals surface area contributed by atoms with Crippen molar-refractivity contribution >= 4 is 34.1 Å². The SMILES string of the molecule is O.O=c1[nH]c(C(F)(F)F)nc2c(Cl)ccc(Cl)c12. The highest BCUT2D eigenvalue weighted by Gasteiger charge is 2.34. The molecule has 0 aliphatic carbocycles. The highest BCUT2D eigenvalue weighted by atomic mass is 35.5. The number of H-pyrrole nitrogens is 1. The van der Waals surface area contributed by atoms with E-state index >= 15 is 0 Å². The van der Waals surface area contributed by atoms with Crippen LogP contribution >= 0.6 is 23.2 Å². The summed E-state index contributed by atoms with van der Waals surface area (Å²) in [6, 6.07) is 2.59. The van der Waals surface area contributed by atoms with Crippen LogP contribution in [-0.4, -0.2) is 15.4 Å². The van der Waals surface area contributed by atoms with Gasteiger partial charge in [-0.25, -0.2) is 4.98 Å². The van der Waals surface area contributed by atoms with Gasteiger partial charge in [0.2, 0.25) is 5.82 Å². The molecule has 1 aromatic heterocycles. The molecule has 0 saturated heterocycles. The summed E-state index contributed by atoms with van der Waals surface area (Å²) in [5.74, 6) is -1.40. The summed E-state index contributed by atoms with van der Waals surface area (Å²) >= 11 is 11.4. The Morgan fingerprint density at radius 2 is 1.72 bits per heavy atom. The molecule has 3 N–H and O–H groups in total. The number of hydrogen-bond donors (Lipinski definition) is 1.